The van der Waals surface area contributed by atoms with Crippen LogP contribution in [0, 0.1) is 7.14 Å². The highest BCUT2D eigenvalue weighted by molar-refractivity contribution is 14.1. The third-order valence-electron chi connectivity index (χ3n) is 3.30. The van der Waals surface area contributed by atoms with Crippen LogP contribution in [0.15, 0.2) is 41.4 Å². The molecule has 2 aromatic carbocycles. The molecule has 2 N–H and O–H groups in total. The predicted molar refractivity (Wildman–Crippen MR) is 115 cm³/mol. The van der Waals surface area contributed by atoms with E-state index in [1.165, 1.54) is 0 Å². The highest BCUT2D eigenvalue weighted by Gasteiger charge is 2.06. The highest BCUT2D eigenvalue weighted by Crippen LogP contribution is 2.26. The van der Waals surface area contributed by atoms with Gasteiger partial charge in [0.1, 0.15) is 5.75 Å². The Morgan fingerprint density at radius 1 is 1.29 bits per heavy atom. The molecule has 0 bridgehead atoms. The van der Waals surface area contributed by atoms with Crippen LogP contribution in [-0.4, -0.2) is 17.2 Å². The van der Waals surface area contributed by atoms with Crippen LogP contribution in [0.1, 0.15) is 31.7 Å². The van der Waals surface area contributed by atoms with Gasteiger partial charge in [-0.05, 0) is 81.9 Å². The average molecular weight is 548 g/mol. The monoisotopic (exact) mass is 548 g/mol. The van der Waals surface area contributed by atoms with Crippen molar-refractivity contribution in [2.75, 3.05) is 5.32 Å². The normalized spacial score (nSPS) is 11.0. The molecular formula is C18H18I2N2O2. The summed E-state index contributed by atoms with van der Waals surface area (Å²) in [6.45, 7) is 2.06. The first-order chi connectivity index (χ1) is 11.5. The van der Waals surface area contributed by atoms with Crippen LogP contribution in [-0.2, 0) is 4.79 Å². The number of hydrogen-bond donors (Lipinski definition) is 2. The zero-order chi connectivity index (χ0) is 17.5. The molecule has 4 nitrogen and oxygen atoms in total. The van der Waals surface area contributed by atoms with E-state index in [1.54, 1.807) is 6.21 Å². The summed E-state index contributed by atoms with van der Waals surface area (Å²) in [6.07, 6.45) is 4.04. The number of halogens is 2. The van der Waals surface area contributed by atoms with Crippen molar-refractivity contribution in [2.45, 2.75) is 26.2 Å². The summed E-state index contributed by atoms with van der Waals surface area (Å²) >= 11 is 4.30. The number of aliphatic imine (C=N–C) groups is 1. The largest absolute Gasteiger partial charge is 0.506 e. The Bertz CT molecular complexity index is 761. The van der Waals surface area contributed by atoms with Crippen molar-refractivity contribution >= 4 is 68.7 Å². The summed E-state index contributed by atoms with van der Waals surface area (Å²) in [5, 5.41) is 13.0. The van der Waals surface area contributed by atoms with Crippen LogP contribution in [0.3, 0.4) is 0 Å². The quantitative estimate of drug-likeness (QED) is 0.371. The van der Waals surface area contributed by atoms with E-state index in [2.05, 4.69) is 62.4 Å². The lowest BCUT2D eigenvalue weighted by Gasteiger charge is -2.06. The fraction of sp³-hybridized carbons (Fsp3) is 0.222. The summed E-state index contributed by atoms with van der Waals surface area (Å²) in [5.74, 6) is 0.242. The van der Waals surface area contributed by atoms with E-state index in [9.17, 15) is 9.90 Å². The highest BCUT2D eigenvalue weighted by atomic mass is 127. The van der Waals surface area contributed by atoms with E-state index in [0.29, 0.717) is 12.0 Å². The first kappa shape index (κ1) is 19.2. The molecule has 2 rings (SSSR count). The second-order valence-electron chi connectivity index (χ2n) is 5.29. The molecule has 24 heavy (non-hydrogen) atoms. The molecule has 1 amide bonds. The van der Waals surface area contributed by atoms with Crippen molar-refractivity contribution in [3.05, 3.63) is 49.1 Å². The summed E-state index contributed by atoms with van der Waals surface area (Å²) in [5.41, 5.74) is 2.12. The number of phenols is 1. The molecule has 0 atom stereocenters. The lowest BCUT2D eigenvalue weighted by atomic mass is 10.2. The second-order valence-corrected chi connectivity index (χ2v) is 7.69. The van der Waals surface area contributed by atoms with E-state index in [4.69, 9.17) is 0 Å². The minimum absolute atomic E-state index is 0.0165. The van der Waals surface area contributed by atoms with Crippen molar-refractivity contribution in [1.29, 1.82) is 0 Å². The van der Waals surface area contributed by atoms with Gasteiger partial charge in [0.2, 0.25) is 5.91 Å². The van der Waals surface area contributed by atoms with Crippen LogP contribution < -0.4 is 5.32 Å². The van der Waals surface area contributed by atoms with Crippen LogP contribution in [0.5, 0.6) is 5.75 Å². The molecule has 0 radical (unpaired) electrons. The zero-order valence-corrected chi connectivity index (χ0v) is 17.5. The van der Waals surface area contributed by atoms with Gasteiger partial charge < -0.3 is 10.4 Å². The number of carbonyl (C=O) groups is 1. The smallest absolute Gasteiger partial charge is 0.224 e. The molecule has 2 aromatic rings. The Morgan fingerprint density at radius 2 is 2.08 bits per heavy atom. The molecule has 0 spiro atoms. The van der Waals surface area contributed by atoms with Crippen LogP contribution in [0.2, 0.25) is 0 Å². The molecule has 0 aromatic heterocycles. The number of phenolic OH excluding ortho intramolecular Hbond substituents is 1. The van der Waals surface area contributed by atoms with Crippen LogP contribution >= 0.6 is 45.2 Å². The number of aromatic hydroxyl groups is 1. The Hall–Kier alpha value is -1.16. The lowest BCUT2D eigenvalue weighted by Crippen LogP contribution is -2.10. The average Bonchev–Trinajstić information content (AvgIpc) is 2.55. The van der Waals surface area contributed by atoms with Gasteiger partial charge in [-0.3, -0.25) is 9.79 Å². The molecule has 0 heterocycles. The minimum atomic E-state index is 0.0165. The van der Waals surface area contributed by atoms with Gasteiger partial charge in [0.05, 0.1) is 9.26 Å². The van der Waals surface area contributed by atoms with Crippen LogP contribution in [0.4, 0.5) is 11.4 Å². The van der Waals surface area contributed by atoms with E-state index in [1.807, 2.05) is 36.4 Å². The molecular weight excluding hydrogens is 530 g/mol. The zero-order valence-electron chi connectivity index (χ0n) is 13.2. The number of benzene rings is 2. The molecule has 0 saturated carbocycles. The Balaban J connectivity index is 2.13. The molecule has 0 unspecified atom stereocenters. The Labute approximate surface area is 169 Å². The SMILES string of the molecule is CCCCC(=O)Nc1cccc(N=Cc2cc(I)cc(I)c2O)c1. The Kier molecular flexibility index (Phi) is 7.47. The number of carbonyl (C=O) groups excluding carboxylic acids is 1. The van der Waals surface area contributed by atoms with Crippen molar-refractivity contribution in [3.63, 3.8) is 0 Å². The molecule has 0 aliphatic rings. The lowest BCUT2D eigenvalue weighted by molar-refractivity contribution is -0.116. The van der Waals surface area contributed by atoms with Gasteiger partial charge in [-0.25, -0.2) is 0 Å². The van der Waals surface area contributed by atoms with Crippen molar-refractivity contribution in [1.82, 2.24) is 0 Å². The summed E-state index contributed by atoms with van der Waals surface area (Å²) in [7, 11) is 0. The van der Waals surface area contributed by atoms with Crippen molar-refractivity contribution in [3.8, 4) is 5.75 Å². The van der Waals surface area contributed by atoms with Crippen LogP contribution in [0.25, 0.3) is 0 Å². The molecule has 126 valence electrons. The maximum Gasteiger partial charge on any atom is 0.224 e. The van der Waals surface area contributed by atoms with Gasteiger partial charge in [-0.2, -0.15) is 0 Å². The maximum absolute atomic E-state index is 11.8. The number of nitrogens with one attached hydrogen (secondary N) is 1. The third kappa shape index (κ3) is 5.73. The summed E-state index contributed by atoms with van der Waals surface area (Å²) in [6, 6.07) is 11.1. The van der Waals surface area contributed by atoms with E-state index < -0.39 is 0 Å². The van der Waals surface area contributed by atoms with E-state index in [-0.39, 0.29) is 11.7 Å². The molecule has 0 aliphatic carbocycles. The first-order valence-corrected chi connectivity index (χ1v) is 9.77. The molecule has 6 heteroatoms. The summed E-state index contributed by atoms with van der Waals surface area (Å²) in [4.78, 5) is 16.2. The van der Waals surface area contributed by atoms with Crippen molar-refractivity contribution < 1.29 is 9.90 Å². The molecule has 0 aliphatic heterocycles. The van der Waals surface area contributed by atoms with Crippen molar-refractivity contribution in [2.24, 2.45) is 4.99 Å². The minimum Gasteiger partial charge on any atom is -0.506 e. The topological polar surface area (TPSA) is 61.7 Å². The van der Waals surface area contributed by atoms with Gasteiger partial charge in [-0.1, -0.05) is 19.4 Å². The van der Waals surface area contributed by atoms with Gasteiger partial charge in [0.15, 0.2) is 0 Å². The van der Waals surface area contributed by atoms with Gasteiger partial charge in [0.25, 0.3) is 0 Å². The van der Waals surface area contributed by atoms with E-state index in [0.717, 1.165) is 31.4 Å². The number of hydrogen-bond acceptors (Lipinski definition) is 3. The number of unbranched alkanes of at least 4 members (excludes halogenated alkanes) is 1. The summed E-state index contributed by atoms with van der Waals surface area (Å²) < 4.78 is 1.83. The fourth-order valence-electron chi connectivity index (χ4n) is 2.05. The fourth-order valence-corrected chi connectivity index (χ4v) is 3.94. The standard InChI is InChI=1S/C18H18I2N2O2/c1-2-3-7-17(23)22-15-6-4-5-14(10-15)21-11-12-8-13(19)9-16(20)18(12)24/h4-6,8-11,24H,2-3,7H2,1H3,(H,22,23). The van der Waals surface area contributed by atoms with Gasteiger partial charge >= 0.3 is 0 Å². The molecule has 0 fully saturated rings. The number of anilines is 1. The Morgan fingerprint density at radius 3 is 2.83 bits per heavy atom. The number of rotatable bonds is 6. The maximum atomic E-state index is 11.8. The van der Waals surface area contributed by atoms with Gasteiger partial charge in [0, 0.05) is 27.5 Å². The third-order valence-corrected chi connectivity index (χ3v) is 4.74. The predicted octanol–water partition coefficient (Wildman–Crippen LogP) is 5.48. The number of nitrogens with zero attached hydrogens (tertiary/aromatic N) is 1. The second kappa shape index (κ2) is 9.36. The first-order valence-electron chi connectivity index (χ1n) is 7.61. The van der Waals surface area contributed by atoms with Gasteiger partial charge in [-0.15, -0.1) is 0 Å². The number of amides is 1. The van der Waals surface area contributed by atoms with E-state index >= 15 is 0 Å². The molecule has 0 saturated heterocycles.